The van der Waals surface area contributed by atoms with Crippen molar-refractivity contribution in [2.45, 2.75) is 109 Å². The first-order valence-electron chi connectivity index (χ1n) is 15.6. The van der Waals surface area contributed by atoms with E-state index in [1.165, 1.54) is 4.90 Å². The van der Waals surface area contributed by atoms with Gasteiger partial charge in [-0.1, -0.05) is 45.8 Å². The van der Waals surface area contributed by atoms with Gasteiger partial charge in [0.1, 0.15) is 17.7 Å². The maximum atomic E-state index is 14.4. The van der Waals surface area contributed by atoms with E-state index in [0.717, 1.165) is 19.3 Å². The Morgan fingerprint density at radius 3 is 2.60 bits per heavy atom. The van der Waals surface area contributed by atoms with Gasteiger partial charge in [-0.05, 0) is 44.9 Å². The van der Waals surface area contributed by atoms with Gasteiger partial charge in [-0.15, -0.1) is 13.2 Å². The van der Waals surface area contributed by atoms with Crippen molar-refractivity contribution >= 4 is 23.7 Å². The number of nitrogens with one attached hydrogen (secondary N) is 1. The molecule has 10 nitrogen and oxygen atoms in total. The zero-order chi connectivity index (χ0) is 31.0. The number of ether oxygens (including phenoxy) is 2. The fraction of sp³-hybridized carbons (Fsp3) is 0.750. The first-order valence-corrected chi connectivity index (χ1v) is 15.6. The van der Waals surface area contributed by atoms with Crippen LogP contribution in [0.25, 0.3) is 0 Å². The fourth-order valence-corrected chi connectivity index (χ4v) is 6.92. The molecular formula is C32H51N3O7. The number of esters is 1. The number of likely N-dealkylation sites (tertiary alicyclic amines) is 1. The minimum Gasteiger partial charge on any atom is -0.460 e. The third kappa shape index (κ3) is 7.08. The normalized spacial score (nSPS) is 27.5. The summed E-state index contributed by atoms with van der Waals surface area (Å²) in [5.41, 5.74) is -1.17. The maximum Gasteiger partial charge on any atom is 0.312 e. The molecule has 3 rings (SSSR count). The van der Waals surface area contributed by atoms with Gasteiger partial charge in [0, 0.05) is 19.5 Å². The summed E-state index contributed by atoms with van der Waals surface area (Å²) in [6.07, 6.45) is 7.35. The molecule has 3 fully saturated rings. The third-order valence-electron chi connectivity index (χ3n) is 8.76. The standard InChI is InChI=1S/C32H51N3O7/c1-7-10-12-17-34(16-9-3)30(39)28-32-15-14-24(42-32)26(27(32)29(38)35(28)23(20-36)18-21(4)5)31(40)41-22(6)19-33-25(37)13-11-8-2/h8-9,21-24,26-28,36H,2-3,7,10-20H2,1,4-6H3,(H,33,37)/t22-,23-,24+,26-,27-,28+,32-/m1/s1. The number of fused-ring (bicyclic) bond motifs is 1. The molecule has 3 aliphatic rings. The van der Waals surface area contributed by atoms with Gasteiger partial charge in [-0.25, -0.2) is 0 Å². The van der Waals surface area contributed by atoms with Crippen LogP contribution in [0, 0.1) is 17.8 Å². The summed E-state index contributed by atoms with van der Waals surface area (Å²) >= 11 is 0. The summed E-state index contributed by atoms with van der Waals surface area (Å²) in [6, 6.07) is -1.53. The largest absolute Gasteiger partial charge is 0.460 e. The van der Waals surface area contributed by atoms with Gasteiger partial charge in [0.25, 0.3) is 0 Å². The average molecular weight is 590 g/mol. The Morgan fingerprint density at radius 1 is 1.24 bits per heavy atom. The molecule has 0 saturated carbocycles. The number of amides is 3. The van der Waals surface area contributed by atoms with E-state index in [1.807, 2.05) is 13.8 Å². The molecule has 3 heterocycles. The predicted octanol–water partition coefficient (Wildman–Crippen LogP) is 2.99. The smallest absolute Gasteiger partial charge is 0.312 e. The highest BCUT2D eigenvalue weighted by atomic mass is 16.6. The average Bonchev–Trinajstić information content (AvgIpc) is 3.60. The van der Waals surface area contributed by atoms with Gasteiger partial charge in [0.2, 0.25) is 17.7 Å². The second-order valence-electron chi connectivity index (χ2n) is 12.4. The lowest BCUT2D eigenvalue weighted by molar-refractivity contribution is -0.160. The van der Waals surface area contributed by atoms with E-state index in [4.69, 9.17) is 9.47 Å². The van der Waals surface area contributed by atoms with Crippen LogP contribution in [-0.4, -0.2) is 94.7 Å². The van der Waals surface area contributed by atoms with Crippen LogP contribution in [0.2, 0.25) is 0 Å². The molecule has 42 heavy (non-hydrogen) atoms. The van der Waals surface area contributed by atoms with Crippen molar-refractivity contribution in [3.8, 4) is 0 Å². The summed E-state index contributed by atoms with van der Waals surface area (Å²) < 4.78 is 12.3. The summed E-state index contributed by atoms with van der Waals surface area (Å²) in [5, 5.41) is 13.2. The molecule has 2 N–H and O–H groups in total. The molecule has 0 aromatic rings. The van der Waals surface area contributed by atoms with E-state index >= 15 is 0 Å². The van der Waals surface area contributed by atoms with Crippen molar-refractivity contribution in [2.24, 2.45) is 17.8 Å². The summed E-state index contributed by atoms with van der Waals surface area (Å²) in [7, 11) is 0. The lowest BCUT2D eigenvalue weighted by Crippen LogP contribution is -2.59. The van der Waals surface area contributed by atoms with Crippen molar-refractivity contribution in [1.29, 1.82) is 0 Å². The predicted molar refractivity (Wildman–Crippen MR) is 159 cm³/mol. The second kappa shape index (κ2) is 15.1. The molecule has 10 heteroatoms. The topological polar surface area (TPSA) is 125 Å². The van der Waals surface area contributed by atoms with Crippen LogP contribution in [0.15, 0.2) is 25.3 Å². The first-order chi connectivity index (χ1) is 20.1. The molecule has 236 valence electrons. The molecular weight excluding hydrogens is 538 g/mol. The van der Waals surface area contributed by atoms with Gasteiger partial charge in [0.15, 0.2) is 0 Å². The second-order valence-corrected chi connectivity index (χ2v) is 12.4. The Morgan fingerprint density at radius 2 is 1.98 bits per heavy atom. The Bertz CT molecular complexity index is 1000. The van der Waals surface area contributed by atoms with Crippen molar-refractivity contribution in [3.05, 3.63) is 25.3 Å². The Kier molecular flexibility index (Phi) is 12.2. The highest BCUT2D eigenvalue weighted by Crippen LogP contribution is 2.59. The van der Waals surface area contributed by atoms with Crippen LogP contribution in [0.4, 0.5) is 0 Å². The zero-order valence-corrected chi connectivity index (χ0v) is 25.9. The van der Waals surface area contributed by atoms with Crippen LogP contribution in [0.1, 0.15) is 79.1 Å². The van der Waals surface area contributed by atoms with Crippen molar-refractivity contribution < 1.29 is 33.8 Å². The zero-order valence-electron chi connectivity index (χ0n) is 25.9. The van der Waals surface area contributed by atoms with Gasteiger partial charge in [0.05, 0.1) is 37.1 Å². The van der Waals surface area contributed by atoms with E-state index < -0.39 is 47.7 Å². The molecule has 3 amide bonds. The number of hydrogen-bond donors (Lipinski definition) is 2. The third-order valence-corrected chi connectivity index (χ3v) is 8.76. The molecule has 1 spiro atoms. The van der Waals surface area contributed by atoms with E-state index in [-0.39, 0.29) is 36.8 Å². The first kappa shape index (κ1) is 33.8. The number of hydrogen-bond acceptors (Lipinski definition) is 7. The van der Waals surface area contributed by atoms with E-state index in [9.17, 15) is 24.3 Å². The molecule has 3 aliphatic heterocycles. The lowest BCUT2D eigenvalue weighted by Gasteiger charge is -2.39. The van der Waals surface area contributed by atoms with E-state index in [1.54, 1.807) is 24.0 Å². The van der Waals surface area contributed by atoms with Gasteiger partial charge >= 0.3 is 5.97 Å². The van der Waals surface area contributed by atoms with E-state index in [0.29, 0.717) is 45.2 Å². The number of nitrogens with zero attached hydrogens (tertiary/aromatic N) is 2. The number of unbranched alkanes of at least 4 members (excludes halogenated alkanes) is 2. The lowest BCUT2D eigenvalue weighted by atomic mass is 9.70. The monoisotopic (exact) mass is 589 g/mol. The molecule has 2 bridgehead atoms. The minimum absolute atomic E-state index is 0.145. The number of rotatable bonds is 18. The quantitative estimate of drug-likeness (QED) is 0.143. The highest BCUT2D eigenvalue weighted by molar-refractivity contribution is 5.98. The summed E-state index contributed by atoms with van der Waals surface area (Å²) in [5.74, 6) is -2.87. The summed E-state index contributed by atoms with van der Waals surface area (Å²) in [4.78, 5) is 57.5. The Hall–Kier alpha value is -2.72. The molecule has 7 atom stereocenters. The molecule has 0 unspecified atom stereocenters. The molecule has 0 aliphatic carbocycles. The van der Waals surface area contributed by atoms with Crippen LogP contribution in [0.3, 0.4) is 0 Å². The Labute approximate surface area is 250 Å². The number of aliphatic hydroxyl groups is 1. The SMILES string of the molecule is C=CCCC(=O)NC[C@@H](C)OC(=O)[C@@H]1[C@@H]2CC[C@]3(O2)[C@H](C(=O)N(CC=C)CCCCC)N([C@@H](CO)CC(C)C)C(=O)[C@@H]13. The number of carbonyl (C=O) groups is 4. The van der Waals surface area contributed by atoms with E-state index in [2.05, 4.69) is 25.4 Å². The highest BCUT2D eigenvalue weighted by Gasteiger charge is 2.75. The molecule has 3 saturated heterocycles. The molecule has 0 radical (unpaired) electrons. The Balaban J connectivity index is 1.90. The van der Waals surface area contributed by atoms with Crippen molar-refractivity contribution in [2.75, 3.05) is 26.2 Å². The van der Waals surface area contributed by atoms with Crippen LogP contribution >= 0.6 is 0 Å². The fourth-order valence-electron chi connectivity index (χ4n) is 6.92. The minimum atomic E-state index is -1.17. The molecule has 0 aromatic heterocycles. The maximum absolute atomic E-state index is 14.4. The van der Waals surface area contributed by atoms with Crippen LogP contribution in [-0.2, 0) is 28.7 Å². The van der Waals surface area contributed by atoms with Crippen molar-refractivity contribution in [1.82, 2.24) is 15.1 Å². The summed E-state index contributed by atoms with van der Waals surface area (Å²) in [6.45, 7) is 16.0. The number of aliphatic hydroxyl groups excluding tert-OH is 1. The number of carbonyl (C=O) groups excluding carboxylic acids is 4. The van der Waals surface area contributed by atoms with Crippen molar-refractivity contribution in [3.63, 3.8) is 0 Å². The van der Waals surface area contributed by atoms with Gasteiger partial charge in [-0.3, -0.25) is 19.2 Å². The molecule has 0 aromatic carbocycles. The van der Waals surface area contributed by atoms with Crippen LogP contribution in [0.5, 0.6) is 0 Å². The number of allylic oxidation sites excluding steroid dienone is 1. The van der Waals surface area contributed by atoms with Gasteiger partial charge < -0.3 is 29.7 Å². The van der Waals surface area contributed by atoms with Gasteiger partial charge in [-0.2, -0.15) is 0 Å². The van der Waals surface area contributed by atoms with Crippen LogP contribution < -0.4 is 5.32 Å².